The van der Waals surface area contributed by atoms with Crippen molar-refractivity contribution in [3.63, 3.8) is 0 Å². The van der Waals surface area contributed by atoms with Crippen molar-refractivity contribution >= 4 is 29.3 Å². The third kappa shape index (κ3) is 4.79. The Morgan fingerprint density at radius 3 is 2.46 bits per heavy atom. The van der Waals surface area contributed by atoms with E-state index in [1.807, 2.05) is 55.5 Å². The average Bonchev–Trinajstić information content (AvgIpc) is 2.70. The van der Waals surface area contributed by atoms with Crippen molar-refractivity contribution in [1.82, 2.24) is 0 Å². The fraction of sp³-hybridized carbons (Fsp3) is 0.0435. The van der Waals surface area contributed by atoms with E-state index < -0.39 is 5.91 Å². The van der Waals surface area contributed by atoms with E-state index in [9.17, 15) is 10.1 Å². The molecule has 3 aromatic rings. The number of rotatable bonds is 5. The number of aryl methyl sites for hydroxylation is 1. The molecule has 1 amide bonds. The molecule has 28 heavy (non-hydrogen) atoms. The molecule has 0 fully saturated rings. The van der Waals surface area contributed by atoms with Crippen LogP contribution in [0.25, 0.3) is 6.08 Å². The summed E-state index contributed by atoms with van der Waals surface area (Å²) >= 11 is 6.15. The number of carbonyl (C=O) groups is 1. The number of ether oxygens (including phenoxy) is 1. The molecule has 3 aromatic carbocycles. The molecule has 5 heteroatoms. The summed E-state index contributed by atoms with van der Waals surface area (Å²) in [4.78, 5) is 12.5. The number of benzene rings is 3. The fourth-order valence-electron chi connectivity index (χ4n) is 2.58. The van der Waals surface area contributed by atoms with E-state index >= 15 is 0 Å². The number of nitrogens with one attached hydrogen (secondary N) is 1. The van der Waals surface area contributed by atoms with Gasteiger partial charge in [0.2, 0.25) is 0 Å². The van der Waals surface area contributed by atoms with Gasteiger partial charge in [0.05, 0.1) is 10.7 Å². The summed E-state index contributed by atoms with van der Waals surface area (Å²) in [6, 6.07) is 23.8. The Balaban J connectivity index is 1.81. The van der Waals surface area contributed by atoms with E-state index in [-0.39, 0.29) is 5.57 Å². The first kappa shape index (κ1) is 19.2. The van der Waals surface area contributed by atoms with Crippen LogP contribution >= 0.6 is 11.6 Å². The topological polar surface area (TPSA) is 62.1 Å². The van der Waals surface area contributed by atoms with Crippen molar-refractivity contribution in [3.05, 3.63) is 94.5 Å². The number of para-hydroxylation sites is 2. The number of nitrogens with zero attached hydrogens (tertiary/aromatic N) is 1. The van der Waals surface area contributed by atoms with Crippen molar-refractivity contribution in [2.24, 2.45) is 0 Å². The van der Waals surface area contributed by atoms with Gasteiger partial charge in [-0.15, -0.1) is 0 Å². The number of hydrogen-bond donors (Lipinski definition) is 1. The van der Waals surface area contributed by atoms with Crippen LogP contribution in [-0.4, -0.2) is 5.91 Å². The van der Waals surface area contributed by atoms with Gasteiger partial charge in [-0.05, 0) is 54.5 Å². The van der Waals surface area contributed by atoms with Crippen LogP contribution in [0.5, 0.6) is 11.5 Å². The van der Waals surface area contributed by atoms with Crippen LogP contribution in [0, 0.1) is 18.3 Å². The highest BCUT2D eigenvalue weighted by Crippen LogP contribution is 2.26. The Kier molecular flexibility index (Phi) is 6.11. The standard InChI is InChI=1S/C23H17ClN2O2/c1-16-7-5-12-21(24)22(16)26-23(27)18(15-25)13-17-8-6-11-20(14-17)28-19-9-3-2-4-10-19/h2-14H,1H3,(H,26,27). The molecular formula is C23H17ClN2O2. The minimum Gasteiger partial charge on any atom is -0.457 e. The lowest BCUT2D eigenvalue weighted by atomic mass is 10.1. The molecule has 0 radical (unpaired) electrons. The first-order valence-corrected chi connectivity index (χ1v) is 8.96. The molecule has 0 atom stereocenters. The molecule has 0 aliphatic carbocycles. The normalized spacial score (nSPS) is 10.8. The number of carbonyl (C=O) groups excluding carboxylic acids is 1. The second kappa shape index (κ2) is 8.90. The summed E-state index contributed by atoms with van der Waals surface area (Å²) < 4.78 is 5.79. The van der Waals surface area contributed by atoms with Gasteiger partial charge in [0.15, 0.2) is 0 Å². The molecule has 0 saturated carbocycles. The van der Waals surface area contributed by atoms with Gasteiger partial charge < -0.3 is 10.1 Å². The quantitative estimate of drug-likeness (QED) is 0.431. The molecule has 0 saturated heterocycles. The van der Waals surface area contributed by atoms with Crippen LogP contribution < -0.4 is 10.1 Å². The van der Waals surface area contributed by atoms with E-state index in [1.54, 1.807) is 30.3 Å². The van der Waals surface area contributed by atoms with Crippen molar-refractivity contribution in [3.8, 4) is 17.6 Å². The lowest BCUT2D eigenvalue weighted by Crippen LogP contribution is -2.14. The van der Waals surface area contributed by atoms with Crippen LogP contribution in [0.15, 0.2) is 78.4 Å². The second-order valence-electron chi connectivity index (χ2n) is 6.04. The predicted molar refractivity (Wildman–Crippen MR) is 111 cm³/mol. The van der Waals surface area contributed by atoms with Gasteiger partial charge in [-0.1, -0.05) is 54.1 Å². The fourth-order valence-corrected chi connectivity index (χ4v) is 2.85. The lowest BCUT2D eigenvalue weighted by Gasteiger charge is -2.10. The highest BCUT2D eigenvalue weighted by molar-refractivity contribution is 6.34. The molecule has 3 rings (SSSR count). The summed E-state index contributed by atoms with van der Waals surface area (Å²) in [5, 5.41) is 12.6. The molecule has 1 N–H and O–H groups in total. The molecule has 0 unspecified atom stereocenters. The maximum absolute atomic E-state index is 12.5. The van der Waals surface area contributed by atoms with E-state index in [0.29, 0.717) is 27.8 Å². The maximum atomic E-state index is 12.5. The highest BCUT2D eigenvalue weighted by Gasteiger charge is 2.13. The molecule has 138 valence electrons. The Labute approximate surface area is 168 Å². The molecule has 4 nitrogen and oxygen atoms in total. The van der Waals surface area contributed by atoms with Crippen LogP contribution in [0.1, 0.15) is 11.1 Å². The van der Waals surface area contributed by atoms with Gasteiger partial charge in [0.1, 0.15) is 23.1 Å². The minimum atomic E-state index is -0.520. The molecule has 0 bridgehead atoms. The monoisotopic (exact) mass is 388 g/mol. The molecule has 0 spiro atoms. The van der Waals surface area contributed by atoms with Crippen LogP contribution in [0.2, 0.25) is 5.02 Å². The van der Waals surface area contributed by atoms with Crippen molar-refractivity contribution in [2.45, 2.75) is 6.92 Å². The first-order chi connectivity index (χ1) is 13.6. The smallest absolute Gasteiger partial charge is 0.266 e. The third-order valence-corrected chi connectivity index (χ3v) is 4.29. The zero-order valence-corrected chi connectivity index (χ0v) is 15.9. The van der Waals surface area contributed by atoms with Crippen molar-refractivity contribution < 1.29 is 9.53 Å². The Hall–Kier alpha value is -3.55. The zero-order valence-electron chi connectivity index (χ0n) is 15.1. The summed E-state index contributed by atoms with van der Waals surface area (Å²) in [5.41, 5.74) is 1.96. The van der Waals surface area contributed by atoms with Crippen LogP contribution in [0.4, 0.5) is 5.69 Å². The van der Waals surface area contributed by atoms with Gasteiger partial charge in [-0.2, -0.15) is 5.26 Å². The van der Waals surface area contributed by atoms with Crippen molar-refractivity contribution in [1.29, 1.82) is 5.26 Å². The number of amides is 1. The number of hydrogen-bond acceptors (Lipinski definition) is 3. The number of anilines is 1. The summed E-state index contributed by atoms with van der Waals surface area (Å²) in [6.45, 7) is 1.83. The van der Waals surface area contributed by atoms with Gasteiger partial charge in [-0.3, -0.25) is 4.79 Å². The summed E-state index contributed by atoms with van der Waals surface area (Å²) in [7, 11) is 0. The molecule has 0 heterocycles. The second-order valence-corrected chi connectivity index (χ2v) is 6.45. The summed E-state index contributed by atoms with van der Waals surface area (Å²) in [6.07, 6.45) is 1.51. The SMILES string of the molecule is Cc1cccc(Cl)c1NC(=O)C(C#N)=Cc1cccc(Oc2ccccc2)c1. The van der Waals surface area contributed by atoms with Gasteiger partial charge >= 0.3 is 0 Å². The van der Waals surface area contributed by atoms with E-state index in [1.165, 1.54) is 6.08 Å². The average molecular weight is 389 g/mol. The summed E-state index contributed by atoms with van der Waals surface area (Å²) in [5.74, 6) is 0.795. The molecule has 0 aliphatic heterocycles. The number of nitriles is 1. The molecular weight excluding hydrogens is 372 g/mol. The van der Waals surface area contributed by atoms with Gasteiger partial charge in [-0.25, -0.2) is 0 Å². The minimum absolute atomic E-state index is 0.0313. The Morgan fingerprint density at radius 1 is 1.04 bits per heavy atom. The Bertz CT molecular complexity index is 1050. The van der Waals surface area contributed by atoms with Gasteiger partial charge in [0, 0.05) is 0 Å². The van der Waals surface area contributed by atoms with E-state index in [2.05, 4.69) is 5.32 Å². The van der Waals surface area contributed by atoms with E-state index in [0.717, 1.165) is 5.56 Å². The highest BCUT2D eigenvalue weighted by atomic mass is 35.5. The third-order valence-electron chi connectivity index (χ3n) is 3.97. The number of halogens is 1. The molecule has 0 aliphatic rings. The predicted octanol–water partition coefficient (Wildman–Crippen LogP) is 5.99. The van der Waals surface area contributed by atoms with E-state index in [4.69, 9.17) is 16.3 Å². The molecule has 0 aromatic heterocycles. The van der Waals surface area contributed by atoms with Crippen LogP contribution in [0.3, 0.4) is 0 Å². The lowest BCUT2D eigenvalue weighted by molar-refractivity contribution is -0.112. The zero-order chi connectivity index (χ0) is 19.9. The maximum Gasteiger partial charge on any atom is 0.266 e. The Morgan fingerprint density at radius 2 is 1.75 bits per heavy atom. The first-order valence-electron chi connectivity index (χ1n) is 8.58. The largest absolute Gasteiger partial charge is 0.457 e. The van der Waals surface area contributed by atoms with Gasteiger partial charge in [0.25, 0.3) is 5.91 Å². The van der Waals surface area contributed by atoms with Crippen molar-refractivity contribution in [2.75, 3.05) is 5.32 Å². The van der Waals surface area contributed by atoms with Crippen LogP contribution in [-0.2, 0) is 4.79 Å².